The minimum atomic E-state index is -0.473. The number of hydrazone groups is 1. The van der Waals surface area contributed by atoms with E-state index in [1.807, 2.05) is 31.2 Å². The number of ether oxygens (including phenoxy) is 1. The Labute approximate surface area is 171 Å². The Kier molecular flexibility index (Phi) is 6.40. The Morgan fingerprint density at radius 2 is 2.03 bits per heavy atom. The van der Waals surface area contributed by atoms with Crippen LogP contribution in [0.2, 0.25) is 0 Å². The van der Waals surface area contributed by atoms with Crippen LogP contribution in [0.5, 0.6) is 5.75 Å². The average molecular weight is 410 g/mol. The lowest BCUT2D eigenvalue weighted by Gasteiger charge is -2.07. The average Bonchev–Trinajstić information content (AvgIpc) is 2.72. The molecule has 1 N–H and O–H groups in total. The van der Waals surface area contributed by atoms with Crippen LogP contribution >= 0.6 is 11.8 Å². The van der Waals surface area contributed by atoms with Crippen LogP contribution in [0.4, 0.5) is 5.69 Å². The van der Waals surface area contributed by atoms with Gasteiger partial charge in [-0.1, -0.05) is 11.8 Å². The van der Waals surface area contributed by atoms with Gasteiger partial charge in [-0.25, -0.2) is 10.4 Å². The number of pyridine rings is 1. The molecule has 0 fully saturated rings. The van der Waals surface area contributed by atoms with E-state index in [-0.39, 0.29) is 17.3 Å². The van der Waals surface area contributed by atoms with Gasteiger partial charge in [-0.15, -0.1) is 0 Å². The number of non-ortho nitro benzene ring substituents is 1. The molecule has 3 rings (SSSR count). The third-order valence-electron chi connectivity index (χ3n) is 4.06. The van der Waals surface area contributed by atoms with Gasteiger partial charge in [0, 0.05) is 17.5 Å². The van der Waals surface area contributed by atoms with Gasteiger partial charge in [0.15, 0.2) is 0 Å². The van der Waals surface area contributed by atoms with Crippen LogP contribution in [0.1, 0.15) is 11.1 Å². The van der Waals surface area contributed by atoms with Gasteiger partial charge in [0.05, 0.1) is 34.5 Å². The third kappa shape index (κ3) is 5.29. The van der Waals surface area contributed by atoms with Gasteiger partial charge in [0.1, 0.15) is 5.75 Å². The smallest absolute Gasteiger partial charge is 0.269 e. The SMILES string of the molecule is COc1ccc2nc(SCC(=O)N/N=C\c3ccc([N+](=O)[O-])cc3)cc(C)c2c1. The van der Waals surface area contributed by atoms with Crippen LogP contribution in [0.25, 0.3) is 10.9 Å². The molecule has 0 atom stereocenters. The van der Waals surface area contributed by atoms with Gasteiger partial charge in [-0.2, -0.15) is 5.10 Å². The van der Waals surface area contributed by atoms with E-state index in [0.717, 1.165) is 27.2 Å². The number of fused-ring (bicyclic) bond motifs is 1. The quantitative estimate of drug-likeness (QED) is 0.275. The molecule has 1 aromatic heterocycles. The molecular weight excluding hydrogens is 392 g/mol. The minimum Gasteiger partial charge on any atom is -0.497 e. The second kappa shape index (κ2) is 9.16. The maximum Gasteiger partial charge on any atom is 0.269 e. The summed E-state index contributed by atoms with van der Waals surface area (Å²) in [7, 11) is 1.62. The summed E-state index contributed by atoms with van der Waals surface area (Å²) in [6.45, 7) is 1.99. The molecule has 1 heterocycles. The number of rotatable bonds is 7. The number of thioether (sulfide) groups is 1. The Morgan fingerprint density at radius 1 is 1.28 bits per heavy atom. The standard InChI is InChI=1S/C20H18N4O4S/c1-13-9-20(22-18-8-7-16(28-2)10-17(13)18)29-12-19(25)23-21-11-14-3-5-15(6-4-14)24(26)27/h3-11H,12H2,1-2H3,(H,23,25)/b21-11-. The normalized spacial score (nSPS) is 11.0. The van der Waals surface area contributed by atoms with E-state index in [4.69, 9.17) is 4.74 Å². The summed E-state index contributed by atoms with van der Waals surface area (Å²) >= 11 is 1.32. The number of nitro groups is 1. The van der Waals surface area contributed by atoms with Crippen molar-refractivity contribution in [3.63, 3.8) is 0 Å². The number of aromatic nitrogens is 1. The van der Waals surface area contributed by atoms with Gasteiger partial charge < -0.3 is 4.74 Å². The number of aryl methyl sites for hydroxylation is 1. The number of carbonyl (C=O) groups excluding carboxylic acids is 1. The number of benzene rings is 2. The van der Waals surface area contributed by atoms with Crippen molar-refractivity contribution in [3.05, 3.63) is 69.8 Å². The van der Waals surface area contributed by atoms with Crippen molar-refractivity contribution in [1.82, 2.24) is 10.4 Å². The number of nitrogens with zero attached hydrogens (tertiary/aromatic N) is 3. The molecule has 0 saturated carbocycles. The van der Waals surface area contributed by atoms with Gasteiger partial charge >= 0.3 is 0 Å². The molecule has 1 amide bonds. The zero-order valence-corrected chi connectivity index (χ0v) is 16.6. The third-order valence-corrected chi connectivity index (χ3v) is 4.97. The molecule has 9 heteroatoms. The molecule has 0 unspecified atom stereocenters. The van der Waals surface area contributed by atoms with Crippen molar-refractivity contribution in [2.75, 3.05) is 12.9 Å². The Bertz CT molecular complexity index is 1080. The molecule has 2 aromatic carbocycles. The molecule has 0 radical (unpaired) electrons. The van der Waals surface area contributed by atoms with Gasteiger partial charge in [0.25, 0.3) is 5.69 Å². The lowest BCUT2D eigenvalue weighted by atomic mass is 10.1. The first-order valence-corrected chi connectivity index (χ1v) is 9.59. The zero-order valence-electron chi connectivity index (χ0n) is 15.8. The molecule has 3 aromatic rings. The Morgan fingerprint density at radius 3 is 2.72 bits per heavy atom. The van der Waals surface area contributed by atoms with Crippen LogP contribution in [-0.4, -0.2) is 34.9 Å². The van der Waals surface area contributed by atoms with Crippen LogP contribution in [0.15, 0.2) is 58.7 Å². The van der Waals surface area contributed by atoms with E-state index in [1.54, 1.807) is 19.2 Å². The number of nitro benzene ring substituents is 1. The highest BCUT2D eigenvalue weighted by molar-refractivity contribution is 7.99. The van der Waals surface area contributed by atoms with Crippen LogP contribution < -0.4 is 10.2 Å². The number of hydrogen-bond acceptors (Lipinski definition) is 7. The van der Waals surface area contributed by atoms with Crippen molar-refractivity contribution < 1.29 is 14.5 Å². The highest BCUT2D eigenvalue weighted by atomic mass is 32.2. The van der Waals surface area contributed by atoms with Crippen molar-refractivity contribution in [2.24, 2.45) is 5.10 Å². The predicted octanol–water partition coefficient (Wildman–Crippen LogP) is 3.70. The molecule has 8 nitrogen and oxygen atoms in total. The van der Waals surface area contributed by atoms with Crippen LogP contribution in [-0.2, 0) is 4.79 Å². The van der Waals surface area contributed by atoms with Crippen molar-refractivity contribution in [2.45, 2.75) is 11.9 Å². The van der Waals surface area contributed by atoms with E-state index in [2.05, 4.69) is 15.5 Å². The lowest BCUT2D eigenvalue weighted by molar-refractivity contribution is -0.384. The Hall–Kier alpha value is -3.46. The fourth-order valence-electron chi connectivity index (χ4n) is 2.58. The molecule has 148 valence electrons. The fraction of sp³-hybridized carbons (Fsp3) is 0.150. The summed E-state index contributed by atoms with van der Waals surface area (Å²) in [4.78, 5) is 26.7. The van der Waals surface area contributed by atoms with E-state index in [9.17, 15) is 14.9 Å². The van der Waals surface area contributed by atoms with E-state index < -0.39 is 4.92 Å². The van der Waals surface area contributed by atoms with E-state index in [1.165, 1.54) is 30.1 Å². The molecule has 0 spiro atoms. The molecular formula is C20H18N4O4S. The van der Waals surface area contributed by atoms with Crippen LogP contribution in [0.3, 0.4) is 0 Å². The second-order valence-corrected chi connectivity index (χ2v) is 7.09. The van der Waals surface area contributed by atoms with Crippen molar-refractivity contribution in [3.8, 4) is 5.75 Å². The van der Waals surface area contributed by atoms with E-state index >= 15 is 0 Å². The van der Waals surface area contributed by atoms with Gasteiger partial charge in [-0.05, 0) is 54.4 Å². The number of carbonyl (C=O) groups is 1. The molecule has 0 aliphatic rings. The van der Waals surface area contributed by atoms with Crippen molar-refractivity contribution >= 4 is 40.5 Å². The topological polar surface area (TPSA) is 107 Å². The first-order valence-electron chi connectivity index (χ1n) is 8.61. The molecule has 0 aliphatic carbocycles. The zero-order chi connectivity index (χ0) is 20.8. The summed E-state index contributed by atoms with van der Waals surface area (Å²) < 4.78 is 5.24. The maximum absolute atomic E-state index is 12.0. The summed E-state index contributed by atoms with van der Waals surface area (Å²) in [6.07, 6.45) is 1.43. The second-order valence-electron chi connectivity index (χ2n) is 6.09. The predicted molar refractivity (Wildman–Crippen MR) is 113 cm³/mol. The number of methoxy groups -OCH3 is 1. The van der Waals surface area contributed by atoms with E-state index in [0.29, 0.717) is 5.56 Å². The Balaban J connectivity index is 1.57. The highest BCUT2D eigenvalue weighted by Crippen LogP contribution is 2.26. The number of hydrogen-bond donors (Lipinski definition) is 1. The lowest BCUT2D eigenvalue weighted by Crippen LogP contribution is -2.19. The largest absolute Gasteiger partial charge is 0.497 e. The number of nitrogens with one attached hydrogen (secondary N) is 1. The van der Waals surface area contributed by atoms with Crippen molar-refractivity contribution in [1.29, 1.82) is 0 Å². The maximum atomic E-state index is 12.0. The summed E-state index contributed by atoms with van der Waals surface area (Å²) in [6, 6.07) is 13.5. The summed E-state index contributed by atoms with van der Waals surface area (Å²) in [5.41, 5.74) is 4.97. The molecule has 0 saturated heterocycles. The fourth-order valence-corrected chi connectivity index (χ4v) is 3.34. The highest BCUT2D eigenvalue weighted by Gasteiger charge is 2.08. The van der Waals surface area contributed by atoms with Crippen LogP contribution in [0, 0.1) is 17.0 Å². The monoisotopic (exact) mass is 410 g/mol. The van der Waals surface area contributed by atoms with Gasteiger partial charge in [-0.3, -0.25) is 14.9 Å². The minimum absolute atomic E-state index is 0.000733. The number of amides is 1. The summed E-state index contributed by atoms with van der Waals surface area (Å²) in [5.74, 6) is 0.654. The first kappa shape index (κ1) is 20.3. The molecule has 29 heavy (non-hydrogen) atoms. The molecule has 0 bridgehead atoms. The molecule has 0 aliphatic heterocycles. The van der Waals surface area contributed by atoms with Gasteiger partial charge in [0.2, 0.25) is 5.91 Å². The first-order chi connectivity index (χ1) is 14.0. The summed E-state index contributed by atoms with van der Waals surface area (Å²) in [5, 5.41) is 16.3.